The standard InChI is InChI=1S/C25H40NO4/c1-19(17-29-23(27)5-4-10-26-8-2-3-9-26)18-30-24(28)6-7-25-14-20-11-21(15-25)13-22(12-20)16-25/h19-22H,1-18H2. The minimum absolute atomic E-state index is 0.115. The van der Waals surface area contributed by atoms with Crippen molar-refractivity contribution in [2.45, 2.75) is 77.0 Å². The Kier molecular flexibility index (Phi) is 7.38. The van der Waals surface area contributed by atoms with Gasteiger partial charge in [0.05, 0.1) is 13.2 Å². The van der Waals surface area contributed by atoms with E-state index < -0.39 is 0 Å². The lowest BCUT2D eigenvalue weighted by atomic mass is 9.48. The molecule has 0 amide bonds. The van der Waals surface area contributed by atoms with Crippen LogP contribution >= 0.6 is 0 Å². The number of esters is 2. The Morgan fingerprint density at radius 2 is 1.43 bits per heavy atom. The van der Waals surface area contributed by atoms with E-state index in [9.17, 15) is 9.59 Å². The third kappa shape index (κ3) is 5.99. The molecule has 5 nitrogen and oxygen atoms in total. The molecule has 1 radical (unpaired) electrons. The van der Waals surface area contributed by atoms with Gasteiger partial charge in [0.15, 0.2) is 0 Å². The molecule has 1 heterocycles. The van der Waals surface area contributed by atoms with E-state index in [4.69, 9.17) is 9.47 Å². The molecule has 1 atom stereocenters. The fraction of sp³-hybridized carbons (Fsp3) is 0.880. The molecule has 1 saturated heterocycles. The Morgan fingerprint density at radius 1 is 0.900 bits per heavy atom. The fourth-order valence-electron chi connectivity index (χ4n) is 7.03. The van der Waals surface area contributed by atoms with Crippen LogP contribution in [0.2, 0.25) is 0 Å². The van der Waals surface area contributed by atoms with Crippen molar-refractivity contribution in [1.29, 1.82) is 0 Å². The predicted octanol–water partition coefficient (Wildman–Crippen LogP) is 4.40. The Bertz CT molecular complexity index is 563. The highest BCUT2D eigenvalue weighted by molar-refractivity contribution is 5.69. The molecular weight excluding hydrogens is 378 g/mol. The lowest BCUT2D eigenvalue weighted by Crippen LogP contribution is -2.46. The van der Waals surface area contributed by atoms with E-state index in [2.05, 4.69) is 11.8 Å². The molecule has 1 unspecified atom stereocenters. The highest BCUT2D eigenvalue weighted by atomic mass is 16.5. The lowest BCUT2D eigenvalue weighted by Gasteiger charge is -2.57. The fourth-order valence-corrected chi connectivity index (χ4v) is 7.03. The molecule has 0 aromatic rings. The predicted molar refractivity (Wildman–Crippen MR) is 116 cm³/mol. The second kappa shape index (κ2) is 10.0. The second-order valence-corrected chi connectivity index (χ2v) is 10.8. The number of carbonyl (C=O) groups is 2. The van der Waals surface area contributed by atoms with Gasteiger partial charge in [-0.25, -0.2) is 0 Å². The van der Waals surface area contributed by atoms with Crippen molar-refractivity contribution in [3.63, 3.8) is 0 Å². The average Bonchev–Trinajstić information content (AvgIpc) is 3.22. The number of rotatable bonds is 11. The largest absolute Gasteiger partial charge is 0.465 e. The maximum absolute atomic E-state index is 12.3. The van der Waals surface area contributed by atoms with Crippen LogP contribution < -0.4 is 0 Å². The molecule has 5 aliphatic rings. The maximum Gasteiger partial charge on any atom is 0.305 e. The van der Waals surface area contributed by atoms with Gasteiger partial charge in [-0.2, -0.15) is 0 Å². The van der Waals surface area contributed by atoms with Gasteiger partial charge in [0, 0.05) is 18.8 Å². The van der Waals surface area contributed by atoms with Gasteiger partial charge in [0.25, 0.3) is 0 Å². The van der Waals surface area contributed by atoms with Crippen molar-refractivity contribution in [2.75, 3.05) is 32.8 Å². The van der Waals surface area contributed by atoms with Crippen molar-refractivity contribution >= 4 is 11.9 Å². The van der Waals surface area contributed by atoms with E-state index in [1.165, 1.54) is 51.4 Å². The third-order valence-electron chi connectivity index (χ3n) is 8.04. The van der Waals surface area contributed by atoms with E-state index in [1.807, 2.05) is 0 Å². The van der Waals surface area contributed by atoms with E-state index in [0.717, 1.165) is 50.2 Å². The molecular formula is C25H40NO4. The smallest absolute Gasteiger partial charge is 0.305 e. The second-order valence-electron chi connectivity index (χ2n) is 10.8. The van der Waals surface area contributed by atoms with Gasteiger partial charge in [-0.05, 0) is 114 Å². The van der Waals surface area contributed by atoms with Crippen LogP contribution in [0.5, 0.6) is 0 Å². The first kappa shape index (κ1) is 22.1. The van der Waals surface area contributed by atoms with Crippen molar-refractivity contribution in [3.05, 3.63) is 6.92 Å². The summed E-state index contributed by atoms with van der Waals surface area (Å²) in [6, 6.07) is 0. The van der Waals surface area contributed by atoms with Crippen LogP contribution in [0.1, 0.15) is 77.0 Å². The number of hydrogen-bond acceptors (Lipinski definition) is 5. The summed E-state index contributed by atoms with van der Waals surface area (Å²) in [6.07, 6.45) is 13.7. The molecule has 30 heavy (non-hydrogen) atoms. The highest BCUT2D eigenvalue weighted by Gasteiger charge is 2.50. The van der Waals surface area contributed by atoms with Gasteiger partial charge in [0.1, 0.15) is 0 Å². The topological polar surface area (TPSA) is 55.8 Å². The van der Waals surface area contributed by atoms with Crippen LogP contribution in [-0.2, 0) is 19.1 Å². The van der Waals surface area contributed by atoms with Crippen molar-refractivity contribution in [2.24, 2.45) is 29.1 Å². The molecule has 4 saturated carbocycles. The zero-order valence-corrected chi connectivity index (χ0v) is 18.6. The Labute approximate surface area is 182 Å². The van der Waals surface area contributed by atoms with Crippen LogP contribution in [0, 0.1) is 36.0 Å². The van der Waals surface area contributed by atoms with Crippen molar-refractivity contribution in [3.8, 4) is 0 Å². The van der Waals surface area contributed by atoms with Gasteiger partial charge in [0.2, 0.25) is 0 Å². The number of likely N-dealkylation sites (tertiary alicyclic amines) is 1. The summed E-state index contributed by atoms with van der Waals surface area (Å²) in [4.78, 5) is 26.6. The highest BCUT2D eigenvalue weighted by Crippen LogP contribution is 2.61. The van der Waals surface area contributed by atoms with Crippen LogP contribution in [0.4, 0.5) is 0 Å². The van der Waals surface area contributed by atoms with Gasteiger partial charge in [-0.3, -0.25) is 9.59 Å². The van der Waals surface area contributed by atoms with Gasteiger partial charge in [-0.1, -0.05) is 0 Å². The molecule has 0 aromatic heterocycles. The summed E-state index contributed by atoms with van der Waals surface area (Å²) in [5.74, 6) is 2.27. The summed E-state index contributed by atoms with van der Waals surface area (Å²) >= 11 is 0. The summed E-state index contributed by atoms with van der Waals surface area (Å²) in [5.41, 5.74) is 0.419. The molecule has 4 aliphatic carbocycles. The molecule has 4 bridgehead atoms. The first-order chi connectivity index (χ1) is 14.5. The molecule has 5 rings (SSSR count). The zero-order valence-electron chi connectivity index (χ0n) is 18.6. The molecule has 169 valence electrons. The molecule has 5 fully saturated rings. The van der Waals surface area contributed by atoms with Crippen molar-refractivity contribution < 1.29 is 19.1 Å². The minimum Gasteiger partial charge on any atom is -0.465 e. The van der Waals surface area contributed by atoms with Crippen LogP contribution in [0.15, 0.2) is 0 Å². The average molecular weight is 419 g/mol. The van der Waals surface area contributed by atoms with Crippen LogP contribution in [-0.4, -0.2) is 49.7 Å². The normalized spacial score (nSPS) is 33.6. The van der Waals surface area contributed by atoms with E-state index in [-0.39, 0.29) is 31.1 Å². The van der Waals surface area contributed by atoms with E-state index >= 15 is 0 Å². The van der Waals surface area contributed by atoms with E-state index in [0.29, 0.717) is 18.3 Å². The summed E-state index contributed by atoms with van der Waals surface area (Å²) in [6.45, 7) is 7.73. The number of hydrogen-bond donors (Lipinski definition) is 0. The number of carbonyl (C=O) groups excluding carboxylic acids is 2. The molecule has 0 N–H and O–H groups in total. The molecule has 0 spiro atoms. The monoisotopic (exact) mass is 418 g/mol. The zero-order chi connectivity index (χ0) is 21.0. The van der Waals surface area contributed by atoms with Crippen LogP contribution in [0.25, 0.3) is 0 Å². The lowest BCUT2D eigenvalue weighted by molar-refractivity contribution is -0.149. The van der Waals surface area contributed by atoms with E-state index in [1.54, 1.807) is 0 Å². The Hall–Kier alpha value is -1.10. The van der Waals surface area contributed by atoms with Gasteiger partial charge < -0.3 is 14.4 Å². The minimum atomic E-state index is -0.198. The summed E-state index contributed by atoms with van der Waals surface area (Å²) in [5, 5.41) is 0. The molecule has 5 heteroatoms. The maximum atomic E-state index is 12.3. The summed E-state index contributed by atoms with van der Waals surface area (Å²) in [7, 11) is 0. The number of ether oxygens (including phenoxy) is 2. The SMILES string of the molecule is [CH2]C(COC(=O)CCCN1CCCC1)COC(=O)CCC12CC3CC(CC(C3)C1)C2. The Balaban J connectivity index is 1.06. The summed E-state index contributed by atoms with van der Waals surface area (Å²) < 4.78 is 10.8. The van der Waals surface area contributed by atoms with Gasteiger partial charge in [-0.15, -0.1) is 0 Å². The molecule has 1 aliphatic heterocycles. The first-order valence-corrected chi connectivity index (χ1v) is 12.4. The molecule has 0 aromatic carbocycles. The quantitative estimate of drug-likeness (QED) is 0.466. The van der Waals surface area contributed by atoms with Crippen LogP contribution in [0.3, 0.4) is 0 Å². The number of nitrogens with zero attached hydrogens (tertiary/aromatic N) is 1. The van der Waals surface area contributed by atoms with Crippen molar-refractivity contribution in [1.82, 2.24) is 4.90 Å². The first-order valence-electron chi connectivity index (χ1n) is 12.4. The van der Waals surface area contributed by atoms with Gasteiger partial charge >= 0.3 is 11.9 Å². The third-order valence-corrected chi connectivity index (χ3v) is 8.04. The Morgan fingerprint density at radius 3 is 2.00 bits per heavy atom.